The van der Waals surface area contributed by atoms with Crippen molar-refractivity contribution in [2.45, 2.75) is 19.3 Å². The van der Waals surface area contributed by atoms with Crippen LogP contribution in [0.4, 0.5) is 0 Å². The molecule has 4 nitrogen and oxygen atoms in total. The molecule has 0 bridgehead atoms. The van der Waals surface area contributed by atoms with Gasteiger partial charge in [0.15, 0.2) is 0 Å². The number of hydrogen-bond acceptors (Lipinski definition) is 3. The third kappa shape index (κ3) is 5.06. The summed E-state index contributed by atoms with van der Waals surface area (Å²) in [5, 5.41) is 1.56. The van der Waals surface area contributed by atoms with Crippen molar-refractivity contribution < 1.29 is 16.9 Å². The molecular formula is C5H13MgNO3P+. The summed E-state index contributed by atoms with van der Waals surface area (Å²) in [5.41, 5.74) is 0. The maximum Gasteiger partial charge on any atom is 2.00 e. The molecule has 1 rings (SSSR count). The Kier molecular flexibility index (Phi) is 6.71. The molecule has 1 heterocycles. The summed E-state index contributed by atoms with van der Waals surface area (Å²) in [6, 6.07) is 0. The second-order valence-electron chi connectivity index (χ2n) is 2.31. The van der Waals surface area contributed by atoms with Crippen molar-refractivity contribution >= 4 is 31.3 Å². The van der Waals surface area contributed by atoms with Crippen LogP contribution in [0, 0.1) is 0 Å². The van der Waals surface area contributed by atoms with Gasteiger partial charge in [0.05, 0.1) is 0 Å². The molecule has 0 spiro atoms. The molecule has 62 valence electrons. The quantitative estimate of drug-likeness (QED) is 0.519. The molecule has 1 fully saturated rings. The van der Waals surface area contributed by atoms with E-state index in [1.54, 1.807) is 5.06 Å². The molecule has 1 aliphatic heterocycles. The molecule has 1 unspecified atom stereocenters. The Hall–Kier alpha value is 0.746. The maximum absolute atomic E-state index is 10.2. The van der Waals surface area contributed by atoms with E-state index in [-0.39, 0.29) is 25.9 Å². The molecule has 0 radical (unpaired) electrons. The van der Waals surface area contributed by atoms with Gasteiger partial charge in [-0.05, 0) is 17.5 Å². The zero-order chi connectivity index (χ0) is 7.40. The summed E-state index contributed by atoms with van der Waals surface area (Å²) >= 11 is 0. The van der Waals surface area contributed by atoms with E-state index < -0.39 is 8.25 Å². The van der Waals surface area contributed by atoms with Crippen LogP contribution < -0.4 is 0 Å². The third-order valence-electron chi connectivity index (χ3n) is 1.50. The minimum absolute atomic E-state index is 0. The van der Waals surface area contributed by atoms with Crippen LogP contribution in [0.15, 0.2) is 0 Å². The smallest absolute Gasteiger partial charge is 1.00 e. The van der Waals surface area contributed by atoms with E-state index in [9.17, 15) is 4.57 Å². The van der Waals surface area contributed by atoms with Gasteiger partial charge in [0.2, 0.25) is 0 Å². The van der Waals surface area contributed by atoms with Crippen molar-refractivity contribution in [3.63, 3.8) is 0 Å². The Bertz CT molecular complexity index is 137. The van der Waals surface area contributed by atoms with E-state index in [2.05, 4.69) is 4.62 Å². The van der Waals surface area contributed by atoms with Gasteiger partial charge in [-0.1, -0.05) is 6.42 Å². The number of rotatable bonds is 2. The normalized spacial score (nSPS) is 20.6. The first kappa shape index (κ1) is 11.7. The second kappa shape index (κ2) is 6.28. The van der Waals surface area contributed by atoms with E-state index in [4.69, 9.17) is 4.89 Å². The monoisotopic (exact) mass is 190 g/mol. The largest absolute Gasteiger partial charge is 2.00 e. The Labute approximate surface area is 85.9 Å². The molecule has 1 N–H and O–H groups in total. The van der Waals surface area contributed by atoms with Crippen molar-refractivity contribution in [1.82, 2.24) is 5.06 Å². The van der Waals surface area contributed by atoms with Crippen LogP contribution in [0.5, 0.6) is 0 Å². The molecule has 0 aliphatic carbocycles. The Morgan fingerprint density at radius 2 is 1.91 bits per heavy atom. The summed E-state index contributed by atoms with van der Waals surface area (Å²) in [4.78, 5) is 8.35. The van der Waals surface area contributed by atoms with Crippen molar-refractivity contribution in [2.75, 3.05) is 13.1 Å². The fourth-order valence-corrected chi connectivity index (χ4v) is 1.41. The van der Waals surface area contributed by atoms with Crippen molar-refractivity contribution in [3.8, 4) is 0 Å². The molecule has 1 atom stereocenters. The van der Waals surface area contributed by atoms with Crippen LogP contribution >= 0.6 is 8.25 Å². The predicted octanol–water partition coefficient (Wildman–Crippen LogP) is 0.898. The number of hydrogen-bond donors (Lipinski definition) is 1. The minimum atomic E-state index is -2.45. The van der Waals surface area contributed by atoms with Crippen LogP contribution in [0.2, 0.25) is 0 Å². The average Bonchev–Trinajstić information content (AvgIpc) is 1.88. The molecule has 0 saturated carbocycles. The minimum Gasteiger partial charge on any atom is -1.00 e. The molecule has 0 amide bonds. The van der Waals surface area contributed by atoms with Crippen LogP contribution in [-0.2, 0) is 9.19 Å². The zero-order valence-corrected chi connectivity index (χ0v) is 8.71. The van der Waals surface area contributed by atoms with E-state index in [0.29, 0.717) is 0 Å². The summed E-state index contributed by atoms with van der Waals surface area (Å²) in [6.07, 6.45) is 3.31. The topological polar surface area (TPSA) is 49.8 Å². The van der Waals surface area contributed by atoms with E-state index in [0.717, 1.165) is 25.9 Å². The van der Waals surface area contributed by atoms with E-state index in [1.807, 2.05) is 0 Å². The SMILES string of the molecule is O=[P+](O)ON1CCCCC1.[H-].[H-].[Mg+2]. The number of piperidine rings is 1. The van der Waals surface area contributed by atoms with Crippen LogP contribution in [0.1, 0.15) is 22.1 Å². The zero-order valence-electron chi connectivity index (χ0n) is 8.40. The van der Waals surface area contributed by atoms with Crippen molar-refractivity contribution in [3.05, 3.63) is 0 Å². The maximum atomic E-state index is 10.2. The van der Waals surface area contributed by atoms with Gasteiger partial charge in [-0.15, -0.1) is 9.96 Å². The van der Waals surface area contributed by atoms with Gasteiger partial charge in [0.25, 0.3) is 0 Å². The molecule has 0 aromatic heterocycles. The average molecular weight is 190 g/mol. The molecule has 0 aromatic rings. The molecule has 0 aromatic carbocycles. The van der Waals surface area contributed by atoms with Gasteiger partial charge in [-0.25, -0.2) is 0 Å². The standard InChI is InChI=1S/C5H10NO3P.Mg.2H/c7-10(8)9-6-4-2-1-3-5-6;;;/h1-5H2;;;/q;+2;2*-1/p+1. The Morgan fingerprint density at radius 1 is 1.36 bits per heavy atom. The summed E-state index contributed by atoms with van der Waals surface area (Å²) < 4.78 is 14.7. The van der Waals surface area contributed by atoms with Gasteiger partial charge < -0.3 is 2.85 Å². The molecule has 11 heavy (non-hydrogen) atoms. The summed E-state index contributed by atoms with van der Waals surface area (Å²) in [6.45, 7) is 1.56. The van der Waals surface area contributed by atoms with Crippen LogP contribution in [0.25, 0.3) is 0 Å². The first-order valence-electron chi connectivity index (χ1n) is 3.38. The summed E-state index contributed by atoms with van der Waals surface area (Å²) in [7, 11) is -2.45. The molecule has 1 saturated heterocycles. The summed E-state index contributed by atoms with van der Waals surface area (Å²) in [5.74, 6) is 0. The fourth-order valence-electron chi connectivity index (χ4n) is 1.05. The molecule has 1 aliphatic rings. The van der Waals surface area contributed by atoms with Gasteiger partial charge in [-0.2, -0.15) is 0 Å². The van der Waals surface area contributed by atoms with Crippen molar-refractivity contribution in [1.29, 1.82) is 0 Å². The second-order valence-corrected chi connectivity index (χ2v) is 2.95. The van der Waals surface area contributed by atoms with Gasteiger partial charge in [0.1, 0.15) is 0 Å². The van der Waals surface area contributed by atoms with Gasteiger partial charge >= 0.3 is 31.3 Å². The predicted molar refractivity (Wildman–Crippen MR) is 44.3 cm³/mol. The third-order valence-corrected chi connectivity index (χ3v) is 1.87. The first-order valence-corrected chi connectivity index (χ1v) is 4.51. The van der Waals surface area contributed by atoms with E-state index >= 15 is 0 Å². The van der Waals surface area contributed by atoms with Crippen LogP contribution in [-0.4, -0.2) is 46.1 Å². The fraction of sp³-hybridized carbons (Fsp3) is 1.00. The van der Waals surface area contributed by atoms with Crippen molar-refractivity contribution in [2.24, 2.45) is 0 Å². The first-order chi connectivity index (χ1) is 4.79. The molecular weight excluding hydrogens is 177 g/mol. The number of hydroxylamine groups is 2. The number of nitrogens with zero attached hydrogens (tertiary/aromatic N) is 1. The van der Waals surface area contributed by atoms with Gasteiger partial charge in [-0.3, -0.25) is 0 Å². The van der Waals surface area contributed by atoms with Gasteiger partial charge in [0, 0.05) is 17.7 Å². The molecule has 6 heteroatoms. The Morgan fingerprint density at radius 3 is 2.36 bits per heavy atom. The van der Waals surface area contributed by atoms with E-state index in [1.165, 1.54) is 6.42 Å². The van der Waals surface area contributed by atoms with Crippen LogP contribution in [0.3, 0.4) is 0 Å². The Balaban J connectivity index is -0.000000333.